The van der Waals surface area contributed by atoms with Gasteiger partial charge in [-0.3, -0.25) is 25.2 Å². The molecule has 1 amide bonds. The SMILES string of the molecule is Cc1ccc2ccc(C(=O)Nc3ncc(S(=O)(=O)c4ccc([N+](=O)[O-])cc4)s3)cc2n1. The van der Waals surface area contributed by atoms with Gasteiger partial charge in [-0.25, -0.2) is 13.4 Å². The zero-order valence-electron chi connectivity index (χ0n) is 16.0. The van der Waals surface area contributed by atoms with Crippen LogP contribution in [0, 0.1) is 17.0 Å². The van der Waals surface area contributed by atoms with Gasteiger partial charge in [0, 0.05) is 28.8 Å². The van der Waals surface area contributed by atoms with E-state index in [1.807, 2.05) is 19.1 Å². The average molecular weight is 454 g/mol. The molecule has 0 fully saturated rings. The number of benzene rings is 2. The van der Waals surface area contributed by atoms with Crippen LogP contribution in [0.1, 0.15) is 16.1 Å². The topological polar surface area (TPSA) is 132 Å². The molecule has 31 heavy (non-hydrogen) atoms. The van der Waals surface area contributed by atoms with E-state index in [9.17, 15) is 23.3 Å². The number of pyridine rings is 1. The second kappa shape index (κ2) is 7.85. The van der Waals surface area contributed by atoms with Crippen molar-refractivity contribution in [1.29, 1.82) is 0 Å². The highest BCUT2D eigenvalue weighted by Gasteiger charge is 2.22. The van der Waals surface area contributed by atoms with Gasteiger partial charge in [-0.05, 0) is 37.3 Å². The molecular weight excluding hydrogens is 440 g/mol. The van der Waals surface area contributed by atoms with Gasteiger partial charge in [-0.15, -0.1) is 0 Å². The third-order valence-electron chi connectivity index (χ3n) is 4.42. The van der Waals surface area contributed by atoms with E-state index in [4.69, 9.17) is 0 Å². The molecule has 0 unspecified atom stereocenters. The summed E-state index contributed by atoms with van der Waals surface area (Å²) in [4.78, 5) is 31.0. The molecule has 0 aliphatic rings. The van der Waals surface area contributed by atoms with Crippen molar-refractivity contribution in [2.75, 3.05) is 5.32 Å². The van der Waals surface area contributed by atoms with Gasteiger partial charge in [0.1, 0.15) is 4.21 Å². The van der Waals surface area contributed by atoms with Crippen LogP contribution in [-0.2, 0) is 9.84 Å². The highest BCUT2D eigenvalue weighted by molar-refractivity contribution is 7.93. The summed E-state index contributed by atoms with van der Waals surface area (Å²) < 4.78 is 25.4. The van der Waals surface area contributed by atoms with Crippen molar-refractivity contribution in [3.63, 3.8) is 0 Å². The fraction of sp³-hybridized carbons (Fsp3) is 0.0500. The molecule has 0 spiro atoms. The number of carbonyl (C=O) groups is 1. The molecule has 1 N–H and O–H groups in total. The van der Waals surface area contributed by atoms with Crippen molar-refractivity contribution in [2.24, 2.45) is 0 Å². The molecule has 4 aromatic rings. The number of nitrogens with one attached hydrogen (secondary N) is 1. The molecule has 9 nitrogen and oxygen atoms in total. The van der Waals surface area contributed by atoms with Crippen molar-refractivity contribution in [1.82, 2.24) is 9.97 Å². The van der Waals surface area contributed by atoms with Crippen LogP contribution in [0.2, 0.25) is 0 Å². The maximum Gasteiger partial charge on any atom is 0.269 e. The standard InChI is InChI=1S/C20H14N4O5S2/c1-12-2-3-13-4-5-14(10-17(13)22-12)19(25)23-20-21-11-18(30-20)31(28,29)16-8-6-15(7-9-16)24(26)27/h2-11H,1H3,(H,21,23,25). The first-order chi connectivity index (χ1) is 14.7. The molecule has 0 aliphatic carbocycles. The van der Waals surface area contributed by atoms with Crippen molar-refractivity contribution in [2.45, 2.75) is 16.0 Å². The summed E-state index contributed by atoms with van der Waals surface area (Å²) in [5.74, 6) is -0.446. The Morgan fingerprint density at radius 1 is 1.10 bits per heavy atom. The number of hydrogen-bond acceptors (Lipinski definition) is 8. The van der Waals surface area contributed by atoms with Crippen LogP contribution in [0.3, 0.4) is 0 Å². The van der Waals surface area contributed by atoms with Gasteiger partial charge < -0.3 is 0 Å². The van der Waals surface area contributed by atoms with E-state index in [-0.39, 0.29) is 19.9 Å². The van der Waals surface area contributed by atoms with E-state index in [1.165, 1.54) is 0 Å². The van der Waals surface area contributed by atoms with Crippen LogP contribution >= 0.6 is 11.3 Å². The predicted molar refractivity (Wildman–Crippen MR) is 115 cm³/mol. The molecule has 0 saturated carbocycles. The second-order valence-electron chi connectivity index (χ2n) is 6.55. The molecule has 0 saturated heterocycles. The van der Waals surface area contributed by atoms with Gasteiger partial charge >= 0.3 is 0 Å². The lowest BCUT2D eigenvalue weighted by Gasteiger charge is -2.04. The summed E-state index contributed by atoms with van der Waals surface area (Å²) in [5, 5.41) is 14.4. The molecule has 2 aromatic heterocycles. The fourth-order valence-electron chi connectivity index (χ4n) is 2.83. The van der Waals surface area contributed by atoms with E-state index in [0.717, 1.165) is 52.9 Å². The number of nitrogens with zero attached hydrogens (tertiary/aromatic N) is 3. The van der Waals surface area contributed by atoms with Crippen molar-refractivity contribution < 1.29 is 18.1 Å². The monoisotopic (exact) mass is 454 g/mol. The van der Waals surface area contributed by atoms with Crippen molar-refractivity contribution >= 4 is 48.8 Å². The number of hydrogen-bond donors (Lipinski definition) is 1. The lowest BCUT2D eigenvalue weighted by atomic mass is 10.1. The number of amides is 1. The number of non-ortho nitro benzene ring substituents is 1. The van der Waals surface area contributed by atoms with Gasteiger partial charge in [0.25, 0.3) is 11.6 Å². The summed E-state index contributed by atoms with van der Waals surface area (Å²) in [6, 6.07) is 13.4. The van der Waals surface area contributed by atoms with E-state index >= 15 is 0 Å². The number of nitro groups is 1. The maximum absolute atomic E-state index is 12.7. The molecule has 0 radical (unpaired) electrons. The normalized spacial score (nSPS) is 11.4. The summed E-state index contributed by atoms with van der Waals surface area (Å²) in [7, 11) is -3.92. The zero-order valence-corrected chi connectivity index (χ0v) is 17.6. The fourth-order valence-corrected chi connectivity index (χ4v) is 5.26. The van der Waals surface area contributed by atoms with E-state index < -0.39 is 20.7 Å². The van der Waals surface area contributed by atoms with Crippen LogP contribution in [0.5, 0.6) is 0 Å². The van der Waals surface area contributed by atoms with E-state index in [1.54, 1.807) is 18.2 Å². The Bertz CT molecular complexity index is 1430. The minimum atomic E-state index is -3.92. The Hall–Kier alpha value is -3.70. The van der Waals surface area contributed by atoms with Crippen LogP contribution in [-0.4, -0.2) is 29.2 Å². The summed E-state index contributed by atoms with van der Waals surface area (Å²) in [6.45, 7) is 1.86. The highest BCUT2D eigenvalue weighted by Crippen LogP contribution is 2.29. The van der Waals surface area contributed by atoms with Gasteiger partial charge in [0.15, 0.2) is 5.13 Å². The van der Waals surface area contributed by atoms with E-state index in [2.05, 4.69) is 15.3 Å². The lowest BCUT2D eigenvalue weighted by Crippen LogP contribution is -2.11. The number of sulfone groups is 1. The van der Waals surface area contributed by atoms with Gasteiger partial charge in [0.2, 0.25) is 9.84 Å². The highest BCUT2D eigenvalue weighted by atomic mass is 32.2. The number of aromatic nitrogens is 2. The number of aryl methyl sites for hydroxylation is 1. The summed E-state index contributed by atoms with van der Waals surface area (Å²) in [6.07, 6.45) is 1.14. The van der Waals surface area contributed by atoms with Crippen molar-refractivity contribution in [3.8, 4) is 0 Å². The molecule has 0 atom stereocenters. The third kappa shape index (κ3) is 4.13. The predicted octanol–water partition coefficient (Wildman–Crippen LogP) is 3.99. The minimum absolute atomic E-state index is 0.0903. The first-order valence-electron chi connectivity index (χ1n) is 8.88. The van der Waals surface area contributed by atoms with Crippen LogP contribution in [0.25, 0.3) is 10.9 Å². The number of nitro benzene ring substituents is 1. The first kappa shape index (κ1) is 20.6. The molecule has 2 aromatic carbocycles. The first-order valence-corrected chi connectivity index (χ1v) is 11.2. The van der Waals surface area contributed by atoms with Crippen LogP contribution in [0.15, 0.2) is 69.9 Å². The summed E-state index contributed by atoms with van der Waals surface area (Å²) in [5.41, 5.74) is 1.65. The number of rotatable bonds is 5. The Kier molecular flexibility index (Phi) is 5.21. The maximum atomic E-state index is 12.7. The number of fused-ring (bicyclic) bond motifs is 1. The largest absolute Gasteiger partial charge is 0.298 e. The Labute approximate surface area is 180 Å². The number of thiazole rings is 1. The smallest absolute Gasteiger partial charge is 0.269 e. The number of carbonyl (C=O) groups excluding carboxylic acids is 1. The second-order valence-corrected chi connectivity index (χ2v) is 9.76. The molecule has 11 heteroatoms. The summed E-state index contributed by atoms with van der Waals surface area (Å²) >= 11 is 0.794. The van der Waals surface area contributed by atoms with Gasteiger partial charge in [-0.1, -0.05) is 23.5 Å². The lowest BCUT2D eigenvalue weighted by molar-refractivity contribution is -0.384. The Morgan fingerprint density at radius 3 is 2.52 bits per heavy atom. The quantitative estimate of drug-likeness (QED) is 0.356. The van der Waals surface area contributed by atoms with Gasteiger partial charge in [-0.2, -0.15) is 0 Å². The molecule has 4 rings (SSSR count). The molecule has 2 heterocycles. The van der Waals surface area contributed by atoms with Gasteiger partial charge in [0.05, 0.1) is 21.5 Å². The zero-order chi connectivity index (χ0) is 22.2. The van der Waals surface area contributed by atoms with Crippen LogP contribution < -0.4 is 5.32 Å². The minimum Gasteiger partial charge on any atom is -0.298 e. The molecule has 0 aliphatic heterocycles. The molecular formula is C20H14N4O5S2. The third-order valence-corrected chi connectivity index (χ3v) is 7.56. The molecule has 156 valence electrons. The number of anilines is 1. The van der Waals surface area contributed by atoms with Crippen molar-refractivity contribution in [3.05, 3.63) is 82.2 Å². The average Bonchev–Trinajstić information content (AvgIpc) is 3.22. The Balaban J connectivity index is 1.55. The van der Waals surface area contributed by atoms with Crippen LogP contribution in [0.4, 0.5) is 10.8 Å². The van der Waals surface area contributed by atoms with E-state index in [0.29, 0.717) is 11.1 Å². The molecule has 0 bridgehead atoms. The Morgan fingerprint density at radius 2 is 1.81 bits per heavy atom.